The van der Waals surface area contributed by atoms with Crippen LogP contribution in [0.2, 0.25) is 6.04 Å². The van der Waals surface area contributed by atoms with E-state index >= 15 is 0 Å². The Morgan fingerprint density at radius 2 is 1.65 bits per heavy atom. The molecular formula is C20H40O5Si. The molecule has 0 aromatic rings. The second-order valence-corrected chi connectivity index (χ2v) is 9.68. The van der Waals surface area contributed by atoms with Gasteiger partial charge in [-0.05, 0) is 40.0 Å². The lowest BCUT2D eigenvalue weighted by Crippen LogP contribution is -2.55. The van der Waals surface area contributed by atoms with Gasteiger partial charge in [-0.2, -0.15) is 0 Å². The summed E-state index contributed by atoms with van der Waals surface area (Å²) >= 11 is 0. The third kappa shape index (κ3) is 9.30. The van der Waals surface area contributed by atoms with Crippen LogP contribution in [0, 0.1) is 0 Å². The van der Waals surface area contributed by atoms with Crippen LogP contribution in [0.25, 0.3) is 0 Å². The molecule has 0 fully saturated rings. The van der Waals surface area contributed by atoms with E-state index in [9.17, 15) is 4.79 Å². The van der Waals surface area contributed by atoms with Crippen LogP contribution in [-0.2, 0) is 22.8 Å². The van der Waals surface area contributed by atoms with Gasteiger partial charge >= 0.3 is 14.8 Å². The van der Waals surface area contributed by atoms with Crippen molar-refractivity contribution in [2.45, 2.75) is 104 Å². The van der Waals surface area contributed by atoms with Crippen molar-refractivity contribution in [1.29, 1.82) is 0 Å². The van der Waals surface area contributed by atoms with E-state index in [1.165, 1.54) is 6.08 Å². The normalized spacial score (nSPS) is 18.4. The third-order valence-corrected chi connectivity index (χ3v) is 8.10. The Bertz CT molecular complexity index is 403. The number of hydrogen-bond acceptors (Lipinski definition) is 5. The molecular weight excluding hydrogens is 348 g/mol. The van der Waals surface area contributed by atoms with Crippen molar-refractivity contribution < 1.29 is 22.8 Å². The summed E-state index contributed by atoms with van der Waals surface area (Å²) in [5, 5.41) is 0. The van der Waals surface area contributed by atoms with Gasteiger partial charge in [-0.3, -0.25) is 0 Å². The predicted molar refractivity (Wildman–Crippen MR) is 108 cm³/mol. The zero-order chi connectivity index (χ0) is 20.2. The van der Waals surface area contributed by atoms with Crippen LogP contribution >= 0.6 is 0 Å². The van der Waals surface area contributed by atoms with Gasteiger partial charge in [0, 0.05) is 30.7 Å². The summed E-state index contributed by atoms with van der Waals surface area (Å²) in [7, 11) is -2.87. The fourth-order valence-electron chi connectivity index (χ4n) is 2.43. The van der Waals surface area contributed by atoms with E-state index < -0.39 is 20.4 Å². The Morgan fingerprint density at radius 3 is 2.04 bits per heavy atom. The average molecular weight is 389 g/mol. The first-order chi connectivity index (χ1) is 12.2. The fourth-order valence-corrected chi connectivity index (χ4v) is 6.09. The number of rotatable bonds is 15. The van der Waals surface area contributed by atoms with E-state index in [0.717, 1.165) is 31.7 Å². The SMILES string of the molecule is C=CC(=O)OCCC(C)(CC)O[Si](CCC)(OC(C)CC)OC(C)CC. The summed E-state index contributed by atoms with van der Waals surface area (Å²) in [5.74, 6) is -0.410. The Kier molecular flexibility index (Phi) is 12.3. The third-order valence-electron chi connectivity index (χ3n) is 4.66. The summed E-state index contributed by atoms with van der Waals surface area (Å²) in [6, 6.07) is 0.781. The van der Waals surface area contributed by atoms with Crippen LogP contribution in [-0.4, -0.2) is 39.2 Å². The molecule has 0 aromatic carbocycles. The van der Waals surface area contributed by atoms with Gasteiger partial charge in [-0.25, -0.2) is 4.79 Å². The zero-order valence-electron chi connectivity index (χ0n) is 17.9. The molecule has 0 aliphatic rings. The molecule has 0 aromatic heterocycles. The summed E-state index contributed by atoms with van der Waals surface area (Å²) in [6.07, 6.45) is 5.47. The summed E-state index contributed by atoms with van der Waals surface area (Å²) in [6.45, 7) is 18.3. The van der Waals surface area contributed by atoms with Gasteiger partial charge in [0.15, 0.2) is 0 Å². The first-order valence-electron chi connectivity index (χ1n) is 10.0. The molecule has 3 unspecified atom stereocenters. The molecule has 6 heteroatoms. The van der Waals surface area contributed by atoms with Crippen LogP contribution in [0.4, 0.5) is 0 Å². The highest BCUT2D eigenvalue weighted by Gasteiger charge is 2.48. The van der Waals surface area contributed by atoms with Crippen LogP contribution in [0.15, 0.2) is 12.7 Å². The lowest BCUT2D eigenvalue weighted by atomic mass is 10.0. The van der Waals surface area contributed by atoms with E-state index in [1.54, 1.807) is 0 Å². The molecule has 0 spiro atoms. The maximum absolute atomic E-state index is 11.3. The lowest BCUT2D eigenvalue weighted by Gasteiger charge is -2.41. The summed E-state index contributed by atoms with van der Waals surface area (Å²) < 4.78 is 24.7. The van der Waals surface area contributed by atoms with Gasteiger partial charge in [0.05, 0.1) is 12.2 Å². The monoisotopic (exact) mass is 388 g/mol. The van der Waals surface area contributed by atoms with Crippen LogP contribution in [0.5, 0.6) is 0 Å². The van der Waals surface area contributed by atoms with Crippen molar-refractivity contribution in [1.82, 2.24) is 0 Å². The summed E-state index contributed by atoms with van der Waals surface area (Å²) in [4.78, 5) is 11.3. The van der Waals surface area contributed by atoms with E-state index in [0.29, 0.717) is 13.0 Å². The Labute approximate surface area is 161 Å². The molecule has 0 saturated carbocycles. The van der Waals surface area contributed by atoms with Crippen molar-refractivity contribution >= 4 is 14.8 Å². The van der Waals surface area contributed by atoms with Gasteiger partial charge in [-0.15, -0.1) is 0 Å². The Hall–Kier alpha value is -0.693. The number of hydrogen-bond donors (Lipinski definition) is 0. The second-order valence-electron chi connectivity index (χ2n) is 7.13. The van der Waals surface area contributed by atoms with Gasteiger partial charge in [0.1, 0.15) is 0 Å². The topological polar surface area (TPSA) is 54.0 Å². The molecule has 0 aliphatic carbocycles. The van der Waals surface area contributed by atoms with Crippen molar-refractivity contribution in [3.63, 3.8) is 0 Å². The van der Waals surface area contributed by atoms with Crippen LogP contribution in [0.1, 0.15) is 80.6 Å². The lowest BCUT2D eigenvalue weighted by molar-refractivity contribution is -0.139. The molecule has 0 radical (unpaired) electrons. The molecule has 0 aliphatic heterocycles. The maximum atomic E-state index is 11.3. The molecule has 5 nitrogen and oxygen atoms in total. The highest BCUT2D eigenvalue weighted by atomic mass is 28.4. The van der Waals surface area contributed by atoms with Crippen LogP contribution < -0.4 is 0 Å². The minimum absolute atomic E-state index is 0.0805. The molecule has 0 N–H and O–H groups in total. The molecule has 0 rings (SSSR count). The van der Waals surface area contributed by atoms with E-state index in [2.05, 4.69) is 48.1 Å². The minimum Gasteiger partial charge on any atom is -0.462 e. The van der Waals surface area contributed by atoms with Crippen molar-refractivity contribution in [2.24, 2.45) is 0 Å². The molecule has 154 valence electrons. The smallest absolute Gasteiger partial charge is 0.462 e. The Morgan fingerprint density at radius 1 is 1.12 bits per heavy atom. The van der Waals surface area contributed by atoms with Crippen molar-refractivity contribution in [3.05, 3.63) is 12.7 Å². The van der Waals surface area contributed by atoms with E-state index in [1.807, 2.05) is 6.92 Å². The first-order valence-corrected chi connectivity index (χ1v) is 12.0. The standard InChI is InChI=1S/C20H40O5Si/c1-9-16-26(23-17(6)10-2,24-18(7)11-3)25-20(8,13-5)14-15-22-19(21)12-4/h12,17-18H,4,9-11,13-16H2,1-3,5-8H3. The quantitative estimate of drug-likeness (QED) is 0.217. The van der Waals surface area contributed by atoms with Gasteiger partial charge < -0.3 is 18.0 Å². The van der Waals surface area contributed by atoms with E-state index in [-0.39, 0.29) is 12.2 Å². The maximum Gasteiger partial charge on any atom is 0.501 e. The molecule has 0 heterocycles. The average Bonchev–Trinajstić information content (AvgIpc) is 2.61. The largest absolute Gasteiger partial charge is 0.501 e. The number of esters is 1. The molecule has 0 saturated heterocycles. The molecule has 3 atom stereocenters. The molecule has 26 heavy (non-hydrogen) atoms. The van der Waals surface area contributed by atoms with Crippen molar-refractivity contribution in [2.75, 3.05) is 6.61 Å². The fraction of sp³-hybridized carbons (Fsp3) is 0.850. The minimum atomic E-state index is -2.87. The molecule has 0 bridgehead atoms. The number of carbonyl (C=O) groups excluding carboxylic acids is 1. The predicted octanol–water partition coefficient (Wildman–Crippen LogP) is 5.27. The highest BCUT2D eigenvalue weighted by Crippen LogP contribution is 2.32. The van der Waals surface area contributed by atoms with Crippen LogP contribution in [0.3, 0.4) is 0 Å². The van der Waals surface area contributed by atoms with Crippen molar-refractivity contribution in [3.8, 4) is 0 Å². The number of carbonyl (C=O) groups is 1. The zero-order valence-corrected chi connectivity index (χ0v) is 18.9. The Balaban J connectivity index is 5.38. The van der Waals surface area contributed by atoms with Gasteiger partial charge in [0.2, 0.25) is 0 Å². The first kappa shape index (κ1) is 25.3. The number of ether oxygens (including phenoxy) is 1. The highest BCUT2D eigenvalue weighted by molar-refractivity contribution is 6.61. The van der Waals surface area contributed by atoms with Gasteiger partial charge in [0.25, 0.3) is 0 Å². The van der Waals surface area contributed by atoms with E-state index in [4.69, 9.17) is 18.0 Å². The second kappa shape index (κ2) is 12.7. The molecule has 0 amide bonds. The van der Waals surface area contributed by atoms with Gasteiger partial charge in [-0.1, -0.05) is 40.7 Å². The summed E-state index contributed by atoms with van der Waals surface area (Å²) in [5.41, 5.74) is -0.468.